The van der Waals surface area contributed by atoms with Gasteiger partial charge in [0.05, 0.1) is 19.3 Å². The SMILES string of the molecule is C=CC(=O)OC(C)COCCCOCC(C)O. The van der Waals surface area contributed by atoms with Crippen LogP contribution in [0.4, 0.5) is 0 Å². The third-order valence-corrected chi connectivity index (χ3v) is 1.77. The van der Waals surface area contributed by atoms with E-state index in [1.165, 1.54) is 0 Å². The Balaban J connectivity index is 3.27. The van der Waals surface area contributed by atoms with Gasteiger partial charge in [-0.2, -0.15) is 0 Å². The highest BCUT2D eigenvalue weighted by atomic mass is 16.6. The van der Waals surface area contributed by atoms with Crippen LogP contribution in [0.3, 0.4) is 0 Å². The smallest absolute Gasteiger partial charge is 0.330 e. The van der Waals surface area contributed by atoms with Crippen molar-refractivity contribution in [2.24, 2.45) is 0 Å². The van der Waals surface area contributed by atoms with Gasteiger partial charge < -0.3 is 19.3 Å². The highest BCUT2D eigenvalue weighted by Crippen LogP contribution is 1.95. The largest absolute Gasteiger partial charge is 0.457 e. The molecule has 2 atom stereocenters. The monoisotopic (exact) mass is 246 g/mol. The van der Waals surface area contributed by atoms with Gasteiger partial charge in [-0.05, 0) is 20.3 Å². The Hall–Kier alpha value is -0.910. The fraction of sp³-hybridized carbons (Fsp3) is 0.750. The molecule has 0 bridgehead atoms. The van der Waals surface area contributed by atoms with Crippen molar-refractivity contribution < 1.29 is 24.1 Å². The average molecular weight is 246 g/mol. The first-order chi connectivity index (χ1) is 8.06. The van der Waals surface area contributed by atoms with Crippen LogP contribution in [-0.4, -0.2) is 49.7 Å². The van der Waals surface area contributed by atoms with E-state index in [0.717, 1.165) is 12.5 Å². The Bertz CT molecular complexity index is 215. The number of aliphatic hydroxyl groups is 1. The van der Waals surface area contributed by atoms with E-state index < -0.39 is 12.1 Å². The minimum atomic E-state index is -0.443. The summed E-state index contributed by atoms with van der Waals surface area (Å²) in [5.74, 6) is -0.443. The summed E-state index contributed by atoms with van der Waals surface area (Å²) in [6.45, 7) is 8.52. The van der Waals surface area contributed by atoms with Crippen LogP contribution < -0.4 is 0 Å². The first-order valence-electron chi connectivity index (χ1n) is 5.72. The number of esters is 1. The molecule has 17 heavy (non-hydrogen) atoms. The molecule has 0 rings (SSSR count). The maximum atomic E-state index is 10.8. The van der Waals surface area contributed by atoms with Crippen molar-refractivity contribution in [3.05, 3.63) is 12.7 Å². The number of aliphatic hydroxyl groups excluding tert-OH is 1. The Morgan fingerprint density at radius 2 is 1.88 bits per heavy atom. The third-order valence-electron chi connectivity index (χ3n) is 1.77. The van der Waals surface area contributed by atoms with Gasteiger partial charge in [0.1, 0.15) is 6.10 Å². The highest BCUT2D eigenvalue weighted by molar-refractivity contribution is 5.81. The number of hydrogen-bond acceptors (Lipinski definition) is 5. The fourth-order valence-electron chi connectivity index (χ4n) is 1.05. The number of carbonyl (C=O) groups excluding carboxylic acids is 1. The normalized spacial score (nSPS) is 14.1. The van der Waals surface area contributed by atoms with Gasteiger partial charge in [0.25, 0.3) is 0 Å². The van der Waals surface area contributed by atoms with Crippen LogP contribution in [0.2, 0.25) is 0 Å². The van der Waals surface area contributed by atoms with E-state index in [1.54, 1.807) is 13.8 Å². The molecule has 0 amide bonds. The zero-order valence-electron chi connectivity index (χ0n) is 10.6. The summed E-state index contributed by atoms with van der Waals surface area (Å²) in [5.41, 5.74) is 0. The maximum absolute atomic E-state index is 10.8. The van der Waals surface area contributed by atoms with Crippen molar-refractivity contribution in [1.29, 1.82) is 0 Å². The molecule has 1 N–H and O–H groups in total. The van der Waals surface area contributed by atoms with E-state index in [2.05, 4.69) is 6.58 Å². The van der Waals surface area contributed by atoms with Crippen LogP contribution in [0.1, 0.15) is 20.3 Å². The number of carbonyl (C=O) groups is 1. The van der Waals surface area contributed by atoms with Crippen LogP contribution in [0.5, 0.6) is 0 Å². The van der Waals surface area contributed by atoms with Gasteiger partial charge in [-0.3, -0.25) is 0 Å². The number of hydrogen-bond donors (Lipinski definition) is 1. The lowest BCUT2D eigenvalue weighted by atomic mass is 10.4. The molecule has 0 aliphatic heterocycles. The summed E-state index contributed by atoms with van der Waals surface area (Å²) in [6, 6.07) is 0. The van der Waals surface area contributed by atoms with Gasteiger partial charge in [0, 0.05) is 19.3 Å². The summed E-state index contributed by atoms with van der Waals surface area (Å²) >= 11 is 0. The van der Waals surface area contributed by atoms with E-state index >= 15 is 0 Å². The average Bonchev–Trinajstić information content (AvgIpc) is 2.27. The zero-order valence-corrected chi connectivity index (χ0v) is 10.6. The summed E-state index contributed by atoms with van der Waals surface area (Å²) < 4.78 is 15.4. The molecule has 0 aliphatic rings. The molecule has 0 aromatic heterocycles. The molecule has 0 heterocycles. The molecule has 0 radical (unpaired) electrons. The Morgan fingerprint density at radius 3 is 2.41 bits per heavy atom. The van der Waals surface area contributed by atoms with Crippen molar-refractivity contribution in [3.8, 4) is 0 Å². The molecule has 0 saturated carbocycles. The molecule has 0 aromatic carbocycles. The van der Waals surface area contributed by atoms with Crippen LogP contribution in [0.15, 0.2) is 12.7 Å². The Morgan fingerprint density at radius 1 is 1.29 bits per heavy atom. The van der Waals surface area contributed by atoms with Gasteiger partial charge in [-0.25, -0.2) is 4.79 Å². The lowest BCUT2D eigenvalue weighted by Crippen LogP contribution is -2.20. The molecular weight excluding hydrogens is 224 g/mol. The highest BCUT2D eigenvalue weighted by Gasteiger charge is 2.05. The predicted octanol–water partition coefficient (Wildman–Crippen LogP) is 0.908. The molecule has 0 saturated heterocycles. The molecule has 5 nitrogen and oxygen atoms in total. The summed E-state index contributed by atoms with van der Waals surface area (Å²) in [5, 5.41) is 8.92. The van der Waals surface area contributed by atoms with Crippen LogP contribution in [-0.2, 0) is 19.0 Å². The number of ether oxygens (including phenoxy) is 3. The van der Waals surface area contributed by atoms with Gasteiger partial charge in [-0.15, -0.1) is 0 Å². The molecule has 0 spiro atoms. The van der Waals surface area contributed by atoms with E-state index in [9.17, 15) is 4.79 Å². The van der Waals surface area contributed by atoms with Crippen LogP contribution in [0.25, 0.3) is 0 Å². The Labute approximate surface area is 102 Å². The lowest BCUT2D eigenvalue weighted by molar-refractivity contribution is -0.145. The second kappa shape index (κ2) is 10.3. The molecule has 2 unspecified atom stereocenters. The van der Waals surface area contributed by atoms with Crippen molar-refractivity contribution in [1.82, 2.24) is 0 Å². The van der Waals surface area contributed by atoms with E-state index in [0.29, 0.717) is 26.4 Å². The molecule has 0 aromatic rings. The molecule has 0 aliphatic carbocycles. The molecule has 5 heteroatoms. The summed E-state index contributed by atoms with van der Waals surface area (Å²) in [7, 11) is 0. The van der Waals surface area contributed by atoms with Crippen molar-refractivity contribution >= 4 is 5.97 Å². The zero-order chi connectivity index (χ0) is 13.1. The van der Waals surface area contributed by atoms with Crippen molar-refractivity contribution in [2.45, 2.75) is 32.5 Å². The standard InChI is InChI=1S/C12H22O5/c1-4-12(14)17-11(3)9-16-7-5-6-15-8-10(2)13/h4,10-11,13H,1,5-9H2,2-3H3. The minimum absolute atomic E-state index is 0.279. The topological polar surface area (TPSA) is 65.0 Å². The summed E-state index contributed by atoms with van der Waals surface area (Å²) in [6.07, 6.45) is 1.16. The summed E-state index contributed by atoms with van der Waals surface area (Å²) in [4.78, 5) is 10.8. The van der Waals surface area contributed by atoms with Crippen molar-refractivity contribution in [3.63, 3.8) is 0 Å². The predicted molar refractivity (Wildman–Crippen MR) is 63.7 cm³/mol. The molecule has 100 valence electrons. The second-order valence-corrected chi connectivity index (χ2v) is 3.80. The first-order valence-corrected chi connectivity index (χ1v) is 5.72. The van der Waals surface area contributed by atoms with Crippen LogP contribution >= 0.6 is 0 Å². The van der Waals surface area contributed by atoms with E-state index in [1.807, 2.05) is 0 Å². The van der Waals surface area contributed by atoms with Gasteiger partial charge >= 0.3 is 5.97 Å². The second-order valence-electron chi connectivity index (χ2n) is 3.80. The van der Waals surface area contributed by atoms with Gasteiger partial charge in [-0.1, -0.05) is 6.58 Å². The fourth-order valence-corrected chi connectivity index (χ4v) is 1.05. The Kier molecular flexibility index (Phi) is 9.71. The lowest BCUT2D eigenvalue weighted by Gasteiger charge is -2.12. The number of rotatable bonds is 10. The first kappa shape index (κ1) is 16.1. The minimum Gasteiger partial charge on any atom is -0.457 e. The van der Waals surface area contributed by atoms with Gasteiger partial charge in [0.2, 0.25) is 0 Å². The van der Waals surface area contributed by atoms with E-state index in [4.69, 9.17) is 19.3 Å². The van der Waals surface area contributed by atoms with Gasteiger partial charge in [0.15, 0.2) is 0 Å². The quantitative estimate of drug-likeness (QED) is 0.352. The molecular formula is C12H22O5. The molecule has 0 fully saturated rings. The van der Waals surface area contributed by atoms with Crippen molar-refractivity contribution in [2.75, 3.05) is 26.4 Å². The van der Waals surface area contributed by atoms with E-state index in [-0.39, 0.29) is 6.10 Å². The van der Waals surface area contributed by atoms with Crippen LogP contribution in [0, 0.1) is 0 Å². The third kappa shape index (κ3) is 11.4. The maximum Gasteiger partial charge on any atom is 0.330 e.